The van der Waals surface area contributed by atoms with Crippen molar-refractivity contribution in [2.75, 3.05) is 65.4 Å². The van der Waals surface area contributed by atoms with Crippen LogP contribution in [0.4, 0.5) is 0 Å². The molecule has 1 spiro atoms. The summed E-state index contributed by atoms with van der Waals surface area (Å²) in [4.78, 5) is 25.9. The molecule has 41 heavy (non-hydrogen) atoms. The number of likely N-dealkylation sites (tertiary alicyclic amines) is 3. The van der Waals surface area contributed by atoms with Crippen LogP contribution < -0.4 is 5.32 Å². The van der Waals surface area contributed by atoms with E-state index in [4.69, 9.17) is 4.98 Å². The predicted molar refractivity (Wildman–Crippen MR) is 167 cm³/mol. The predicted octanol–water partition coefficient (Wildman–Crippen LogP) is 4.60. The number of hydrogen-bond donors (Lipinski definition) is 1. The Hall–Kier alpha value is -3.02. The second-order valence-corrected chi connectivity index (χ2v) is 13.0. The molecule has 0 saturated carbocycles. The molecule has 0 unspecified atom stereocenters. The Bertz CT molecular complexity index is 1360. The summed E-state index contributed by atoms with van der Waals surface area (Å²) in [5.41, 5.74) is 3.29. The van der Waals surface area contributed by atoms with E-state index in [1.54, 1.807) is 11.3 Å². The third-order valence-electron chi connectivity index (χ3n) is 9.16. The van der Waals surface area contributed by atoms with Gasteiger partial charge in [-0.2, -0.15) is 0 Å². The van der Waals surface area contributed by atoms with Crippen LogP contribution >= 0.6 is 11.3 Å². The number of hydrogen-bond acceptors (Lipinski definition) is 6. The molecule has 3 saturated heterocycles. The Balaban J connectivity index is 1.04. The van der Waals surface area contributed by atoms with Crippen LogP contribution in [-0.4, -0.2) is 91.0 Å². The molecule has 0 radical (unpaired) electrons. The molecule has 1 N–H and O–H groups in total. The molecule has 0 aliphatic carbocycles. The molecule has 6 nitrogen and oxygen atoms in total. The first kappa shape index (κ1) is 28.1. The summed E-state index contributed by atoms with van der Waals surface area (Å²) in [6.07, 6.45) is 3.00. The Morgan fingerprint density at radius 1 is 0.902 bits per heavy atom. The molecule has 6 rings (SSSR count). The van der Waals surface area contributed by atoms with Gasteiger partial charge in [0.2, 0.25) is 0 Å². The Morgan fingerprint density at radius 2 is 1.54 bits per heavy atom. The fourth-order valence-corrected chi connectivity index (χ4v) is 7.90. The van der Waals surface area contributed by atoms with Gasteiger partial charge in [-0.25, -0.2) is 4.98 Å². The minimum atomic E-state index is -0.142. The number of nitrogens with zero attached hydrogens (tertiary/aromatic N) is 4. The number of amides is 1. The average molecular weight is 568 g/mol. The van der Waals surface area contributed by atoms with Crippen LogP contribution in [0.1, 0.15) is 41.6 Å². The molecule has 1 aromatic heterocycles. The smallest absolute Gasteiger partial charge is 0.251 e. The van der Waals surface area contributed by atoms with Crippen LogP contribution in [0.3, 0.4) is 0 Å². The second kappa shape index (κ2) is 12.5. The van der Waals surface area contributed by atoms with Gasteiger partial charge in [0.25, 0.3) is 5.91 Å². The molecule has 3 aliphatic heterocycles. The van der Waals surface area contributed by atoms with E-state index in [0.717, 1.165) is 68.3 Å². The van der Waals surface area contributed by atoms with Crippen molar-refractivity contribution in [3.63, 3.8) is 0 Å². The normalized spacial score (nSPS) is 20.0. The number of carbonyl (C=O) groups is 1. The quantitative estimate of drug-likeness (QED) is 0.363. The first-order valence-electron chi connectivity index (χ1n) is 15.0. The van der Waals surface area contributed by atoms with E-state index in [2.05, 4.69) is 61.5 Å². The van der Waals surface area contributed by atoms with Crippen LogP contribution in [0.25, 0.3) is 11.3 Å². The summed E-state index contributed by atoms with van der Waals surface area (Å²) in [5, 5.41) is 6.59. The van der Waals surface area contributed by atoms with Gasteiger partial charge < -0.3 is 20.0 Å². The molecule has 1 amide bonds. The number of aromatic nitrogens is 1. The number of piperidine rings is 1. The third kappa shape index (κ3) is 6.42. The Morgan fingerprint density at radius 3 is 2.22 bits per heavy atom. The van der Waals surface area contributed by atoms with Crippen molar-refractivity contribution >= 4 is 17.2 Å². The van der Waals surface area contributed by atoms with Gasteiger partial charge in [-0.3, -0.25) is 4.79 Å². The fraction of sp³-hybridized carbons (Fsp3) is 0.471. The minimum absolute atomic E-state index is 0.00758. The Labute approximate surface area is 248 Å². The fourth-order valence-electron chi connectivity index (χ4n) is 6.81. The van der Waals surface area contributed by atoms with E-state index in [-0.39, 0.29) is 11.3 Å². The van der Waals surface area contributed by atoms with Crippen LogP contribution in [-0.2, 0) is 5.41 Å². The first-order chi connectivity index (χ1) is 20.1. The summed E-state index contributed by atoms with van der Waals surface area (Å²) in [5.74, 6) is 6.19. The van der Waals surface area contributed by atoms with Crippen molar-refractivity contribution < 1.29 is 4.79 Å². The van der Waals surface area contributed by atoms with Gasteiger partial charge in [-0.15, -0.1) is 23.2 Å². The van der Waals surface area contributed by atoms with E-state index in [1.165, 1.54) is 26.2 Å². The van der Waals surface area contributed by atoms with Crippen molar-refractivity contribution in [1.29, 1.82) is 0 Å². The van der Waals surface area contributed by atoms with Crippen LogP contribution in [0.15, 0.2) is 66.0 Å². The number of nitrogens with one attached hydrogen (secondary N) is 1. The lowest BCUT2D eigenvalue weighted by molar-refractivity contribution is -0.115. The molecule has 2 aromatic carbocycles. The maximum absolute atomic E-state index is 13.0. The van der Waals surface area contributed by atoms with Gasteiger partial charge in [0.15, 0.2) is 0 Å². The highest BCUT2D eigenvalue weighted by atomic mass is 32.1. The monoisotopic (exact) mass is 567 g/mol. The highest BCUT2D eigenvalue weighted by Crippen LogP contribution is 2.40. The minimum Gasteiger partial charge on any atom is -0.351 e. The number of thiazole rings is 1. The molecular formula is C34H41N5OS. The van der Waals surface area contributed by atoms with Crippen molar-refractivity contribution in [3.8, 4) is 23.1 Å². The van der Waals surface area contributed by atoms with E-state index in [0.29, 0.717) is 17.5 Å². The van der Waals surface area contributed by atoms with E-state index < -0.39 is 0 Å². The van der Waals surface area contributed by atoms with Crippen molar-refractivity contribution in [3.05, 3.63) is 76.6 Å². The van der Waals surface area contributed by atoms with E-state index in [9.17, 15) is 4.79 Å². The summed E-state index contributed by atoms with van der Waals surface area (Å²) in [7, 11) is 0. The zero-order chi connectivity index (χ0) is 28.1. The van der Waals surface area contributed by atoms with Gasteiger partial charge in [0.1, 0.15) is 5.01 Å². The van der Waals surface area contributed by atoms with Crippen LogP contribution in [0.2, 0.25) is 0 Å². The largest absolute Gasteiger partial charge is 0.351 e. The summed E-state index contributed by atoms with van der Waals surface area (Å²) in [6, 6.07) is 19.9. The molecule has 4 heterocycles. The maximum Gasteiger partial charge on any atom is 0.251 e. The topological polar surface area (TPSA) is 51.7 Å². The van der Waals surface area contributed by atoms with Gasteiger partial charge in [-0.05, 0) is 45.0 Å². The van der Waals surface area contributed by atoms with Gasteiger partial charge in [0.05, 0.1) is 5.69 Å². The molecule has 3 aromatic rings. The molecule has 0 atom stereocenters. The van der Waals surface area contributed by atoms with E-state index in [1.807, 2.05) is 43.3 Å². The molecule has 7 heteroatoms. The summed E-state index contributed by atoms with van der Waals surface area (Å²) < 4.78 is 0. The van der Waals surface area contributed by atoms with Gasteiger partial charge in [-0.1, -0.05) is 48.5 Å². The number of carbonyl (C=O) groups excluding carboxylic acids is 1. The molecule has 214 valence electrons. The zero-order valence-electron chi connectivity index (χ0n) is 24.1. The summed E-state index contributed by atoms with van der Waals surface area (Å²) >= 11 is 1.74. The molecule has 3 fully saturated rings. The average Bonchev–Trinajstić information content (AvgIpc) is 3.48. The van der Waals surface area contributed by atoms with Crippen molar-refractivity contribution in [2.45, 2.75) is 31.6 Å². The Kier molecular flexibility index (Phi) is 8.55. The maximum atomic E-state index is 13.0. The lowest BCUT2D eigenvalue weighted by Crippen LogP contribution is -2.72. The van der Waals surface area contributed by atoms with Crippen LogP contribution in [0.5, 0.6) is 0 Å². The highest BCUT2D eigenvalue weighted by Gasteiger charge is 2.51. The van der Waals surface area contributed by atoms with Gasteiger partial charge in [0, 0.05) is 86.1 Å². The molecular weight excluding hydrogens is 526 g/mol. The SMILES string of the molecule is CC#CCCN1CC2(C1)CN(CCN1CCC(CNC(=O)c3ccccc3)(c3nc(-c4ccccc4)cs3)CC1)C2. The number of benzene rings is 2. The lowest BCUT2D eigenvalue weighted by Gasteiger charge is -2.60. The zero-order valence-corrected chi connectivity index (χ0v) is 25.0. The van der Waals surface area contributed by atoms with Gasteiger partial charge >= 0.3 is 0 Å². The lowest BCUT2D eigenvalue weighted by atomic mass is 9.73. The van der Waals surface area contributed by atoms with Crippen LogP contribution in [0, 0.1) is 17.3 Å². The van der Waals surface area contributed by atoms with E-state index >= 15 is 0 Å². The third-order valence-corrected chi connectivity index (χ3v) is 10.3. The van der Waals surface area contributed by atoms with Crippen molar-refractivity contribution in [2.24, 2.45) is 5.41 Å². The summed E-state index contributed by atoms with van der Waals surface area (Å²) in [6.45, 7) is 13.0. The second-order valence-electron chi connectivity index (χ2n) is 12.2. The molecule has 3 aliphatic rings. The molecule has 0 bridgehead atoms. The van der Waals surface area contributed by atoms with Crippen molar-refractivity contribution in [1.82, 2.24) is 25.0 Å². The highest BCUT2D eigenvalue weighted by molar-refractivity contribution is 7.10. The standard InChI is InChI=1S/C34H41N5OS/c1-2-3-10-17-38-24-33(25-38)26-39(27-33)21-20-37-18-15-34(16-19-37,23-35-31(40)29-13-8-5-9-14-29)32-36-30(22-41-32)28-11-6-4-7-12-28/h4-9,11-14,22H,10,15-21,23-27H2,1H3,(H,35,40). The first-order valence-corrected chi connectivity index (χ1v) is 15.9. The number of rotatable bonds is 10.